The van der Waals surface area contributed by atoms with Crippen LogP contribution in [0.3, 0.4) is 0 Å². The molecule has 0 bridgehead atoms. The highest BCUT2D eigenvalue weighted by Crippen LogP contribution is 2.12. The zero-order valence-electron chi connectivity index (χ0n) is 10.6. The van der Waals surface area contributed by atoms with E-state index in [0.29, 0.717) is 12.1 Å². The molecule has 0 saturated heterocycles. The molecule has 0 aliphatic carbocycles. The lowest BCUT2D eigenvalue weighted by Gasteiger charge is -2.10. The highest BCUT2D eigenvalue weighted by atomic mass is 16.1. The first-order valence-corrected chi connectivity index (χ1v) is 6.02. The second-order valence-corrected chi connectivity index (χ2v) is 3.83. The fourth-order valence-electron chi connectivity index (χ4n) is 1.61. The van der Waals surface area contributed by atoms with Crippen LogP contribution in [-0.4, -0.2) is 27.4 Å². The molecule has 6 nitrogen and oxygen atoms in total. The molecule has 2 aromatic rings. The van der Waals surface area contributed by atoms with Gasteiger partial charge in [-0.2, -0.15) is 0 Å². The maximum Gasteiger partial charge on any atom is 0.255 e. The molecule has 2 aromatic heterocycles. The first-order valence-electron chi connectivity index (χ1n) is 6.02. The van der Waals surface area contributed by atoms with Crippen molar-refractivity contribution in [2.75, 3.05) is 11.9 Å². The van der Waals surface area contributed by atoms with Crippen molar-refractivity contribution in [2.24, 2.45) is 0 Å². The Hall–Kier alpha value is -2.50. The van der Waals surface area contributed by atoms with Gasteiger partial charge in [0.05, 0.1) is 23.5 Å². The maximum absolute atomic E-state index is 12.1. The topological polar surface area (TPSA) is 79.8 Å². The number of nitrogens with zero attached hydrogens (tertiary/aromatic N) is 3. The molecule has 0 unspecified atom stereocenters. The summed E-state index contributed by atoms with van der Waals surface area (Å²) in [5, 5.41) is 5.93. The number of rotatable bonds is 5. The lowest BCUT2D eigenvalue weighted by Crippen LogP contribution is -2.24. The number of carbonyl (C=O) groups is 1. The number of anilines is 1. The quantitative estimate of drug-likeness (QED) is 0.842. The third kappa shape index (κ3) is 3.48. The van der Waals surface area contributed by atoms with Crippen molar-refractivity contribution in [3.05, 3.63) is 48.3 Å². The van der Waals surface area contributed by atoms with Gasteiger partial charge in [-0.25, -0.2) is 9.97 Å². The summed E-state index contributed by atoms with van der Waals surface area (Å²) in [4.78, 5) is 23.9. The Bertz CT molecular complexity index is 544. The second kappa shape index (κ2) is 6.44. The van der Waals surface area contributed by atoms with Gasteiger partial charge < -0.3 is 10.6 Å². The molecule has 0 aromatic carbocycles. The van der Waals surface area contributed by atoms with Crippen LogP contribution in [0.5, 0.6) is 0 Å². The van der Waals surface area contributed by atoms with Crippen molar-refractivity contribution >= 4 is 11.6 Å². The molecule has 0 atom stereocenters. The van der Waals surface area contributed by atoms with Crippen LogP contribution in [0.1, 0.15) is 23.0 Å². The number of hydrogen-bond acceptors (Lipinski definition) is 5. The summed E-state index contributed by atoms with van der Waals surface area (Å²) in [6.07, 6.45) is 6.30. The van der Waals surface area contributed by atoms with Crippen molar-refractivity contribution in [3.8, 4) is 0 Å². The normalized spacial score (nSPS) is 9.95. The number of nitrogens with one attached hydrogen (secondary N) is 2. The van der Waals surface area contributed by atoms with Crippen molar-refractivity contribution in [1.29, 1.82) is 0 Å². The zero-order chi connectivity index (χ0) is 13.5. The summed E-state index contributed by atoms with van der Waals surface area (Å²) in [6.45, 7) is 3.08. The summed E-state index contributed by atoms with van der Waals surface area (Å²) in [6, 6.07) is 3.54. The Kier molecular flexibility index (Phi) is 4.39. The minimum atomic E-state index is -0.178. The first kappa shape index (κ1) is 12.9. The van der Waals surface area contributed by atoms with Gasteiger partial charge in [0.1, 0.15) is 6.33 Å². The molecule has 0 fully saturated rings. The number of carbonyl (C=O) groups excluding carboxylic acids is 1. The van der Waals surface area contributed by atoms with Gasteiger partial charge in [-0.05, 0) is 19.1 Å². The van der Waals surface area contributed by atoms with E-state index >= 15 is 0 Å². The number of aromatic nitrogens is 3. The van der Waals surface area contributed by atoms with Crippen LogP contribution in [-0.2, 0) is 6.54 Å². The molecular weight excluding hydrogens is 242 g/mol. The molecule has 0 radical (unpaired) electrons. The van der Waals surface area contributed by atoms with Crippen LogP contribution >= 0.6 is 0 Å². The van der Waals surface area contributed by atoms with Gasteiger partial charge in [-0.15, -0.1) is 0 Å². The van der Waals surface area contributed by atoms with Crippen LogP contribution in [0.15, 0.2) is 37.1 Å². The molecule has 0 spiro atoms. The molecule has 1 amide bonds. The molecule has 0 aliphatic rings. The molecule has 19 heavy (non-hydrogen) atoms. The van der Waals surface area contributed by atoms with Gasteiger partial charge in [0.15, 0.2) is 0 Å². The third-order valence-electron chi connectivity index (χ3n) is 2.51. The fraction of sp³-hybridized carbons (Fsp3) is 0.231. The number of hydrogen-bond donors (Lipinski definition) is 2. The van der Waals surface area contributed by atoms with Gasteiger partial charge in [-0.3, -0.25) is 9.78 Å². The van der Waals surface area contributed by atoms with E-state index in [1.165, 1.54) is 6.33 Å². The highest BCUT2D eigenvalue weighted by Gasteiger charge is 2.10. The van der Waals surface area contributed by atoms with Crippen LogP contribution in [0, 0.1) is 0 Å². The maximum atomic E-state index is 12.1. The Morgan fingerprint density at radius 3 is 2.84 bits per heavy atom. The van der Waals surface area contributed by atoms with Gasteiger partial charge in [-0.1, -0.05) is 0 Å². The fourth-order valence-corrected chi connectivity index (χ4v) is 1.61. The summed E-state index contributed by atoms with van der Waals surface area (Å²) < 4.78 is 0. The van der Waals surface area contributed by atoms with Gasteiger partial charge in [0, 0.05) is 25.1 Å². The first-order chi connectivity index (χ1) is 9.31. The molecule has 2 heterocycles. The summed E-state index contributed by atoms with van der Waals surface area (Å²) in [5.74, 6) is -0.178. The van der Waals surface area contributed by atoms with E-state index in [4.69, 9.17) is 0 Å². The van der Waals surface area contributed by atoms with Crippen molar-refractivity contribution < 1.29 is 4.79 Å². The van der Waals surface area contributed by atoms with E-state index in [9.17, 15) is 4.79 Å². The van der Waals surface area contributed by atoms with E-state index in [-0.39, 0.29) is 5.91 Å². The largest absolute Gasteiger partial charge is 0.385 e. The van der Waals surface area contributed by atoms with Crippen molar-refractivity contribution in [1.82, 2.24) is 20.3 Å². The van der Waals surface area contributed by atoms with Crippen LogP contribution in [0.2, 0.25) is 0 Å². The van der Waals surface area contributed by atoms with E-state index in [1.54, 1.807) is 30.7 Å². The Labute approximate surface area is 111 Å². The minimum Gasteiger partial charge on any atom is -0.385 e. The van der Waals surface area contributed by atoms with Crippen LogP contribution in [0.25, 0.3) is 0 Å². The average molecular weight is 257 g/mol. The van der Waals surface area contributed by atoms with Crippen molar-refractivity contribution in [3.63, 3.8) is 0 Å². The van der Waals surface area contributed by atoms with Crippen LogP contribution < -0.4 is 10.6 Å². The molecule has 2 N–H and O–H groups in total. The Balaban J connectivity index is 2.04. The van der Waals surface area contributed by atoms with Crippen molar-refractivity contribution in [2.45, 2.75) is 13.5 Å². The average Bonchev–Trinajstić information content (AvgIpc) is 2.47. The number of pyridine rings is 1. The van der Waals surface area contributed by atoms with E-state index < -0.39 is 0 Å². The summed E-state index contributed by atoms with van der Waals surface area (Å²) >= 11 is 0. The van der Waals surface area contributed by atoms with Gasteiger partial charge >= 0.3 is 0 Å². The molecule has 0 saturated carbocycles. The number of amides is 1. The summed E-state index contributed by atoms with van der Waals surface area (Å²) in [7, 11) is 0. The summed E-state index contributed by atoms with van der Waals surface area (Å²) in [5.41, 5.74) is 2.06. The second-order valence-electron chi connectivity index (χ2n) is 3.83. The predicted octanol–water partition coefficient (Wildman–Crippen LogP) is 1.23. The van der Waals surface area contributed by atoms with Crippen LogP contribution in [0.4, 0.5) is 5.69 Å². The van der Waals surface area contributed by atoms with E-state index in [2.05, 4.69) is 25.6 Å². The molecular formula is C13H15N5O. The van der Waals surface area contributed by atoms with E-state index in [0.717, 1.165) is 17.9 Å². The lowest BCUT2D eigenvalue weighted by atomic mass is 10.2. The molecule has 2 rings (SSSR count). The Morgan fingerprint density at radius 1 is 1.26 bits per heavy atom. The van der Waals surface area contributed by atoms with Gasteiger partial charge in [0.25, 0.3) is 5.91 Å². The molecule has 0 aliphatic heterocycles. The van der Waals surface area contributed by atoms with Gasteiger partial charge in [0.2, 0.25) is 0 Å². The standard InChI is InChI=1S/C13H15N5O/c1-2-16-12-4-6-14-8-11(12)13(19)17-7-10-3-5-15-9-18-10/h3-6,8-9H,2,7H2,1H3,(H,14,16)(H,17,19). The molecule has 6 heteroatoms. The van der Waals surface area contributed by atoms with E-state index in [1.807, 2.05) is 6.92 Å². The Morgan fingerprint density at radius 2 is 2.11 bits per heavy atom. The highest BCUT2D eigenvalue weighted by molar-refractivity contribution is 5.99. The minimum absolute atomic E-state index is 0.178. The molecule has 98 valence electrons. The third-order valence-corrected chi connectivity index (χ3v) is 2.51. The lowest BCUT2D eigenvalue weighted by molar-refractivity contribution is 0.0951. The SMILES string of the molecule is CCNc1ccncc1C(=O)NCc1ccncn1. The smallest absolute Gasteiger partial charge is 0.255 e. The zero-order valence-corrected chi connectivity index (χ0v) is 10.6. The predicted molar refractivity (Wildman–Crippen MR) is 71.6 cm³/mol. The monoisotopic (exact) mass is 257 g/mol.